The van der Waals surface area contributed by atoms with Gasteiger partial charge in [0, 0.05) is 18.7 Å². The molecular weight excluding hydrogens is 192 g/mol. The van der Waals surface area contributed by atoms with Gasteiger partial charge < -0.3 is 15.6 Å². The highest BCUT2D eigenvalue weighted by atomic mass is 15.3. The molecule has 4 N–H and O–H groups in total. The van der Waals surface area contributed by atoms with Crippen LogP contribution in [0.4, 0.5) is 11.6 Å². The Labute approximate surface area is 89.9 Å². The first kappa shape index (κ1) is 11.7. The van der Waals surface area contributed by atoms with Crippen molar-refractivity contribution in [3.63, 3.8) is 0 Å². The standard InChI is InChI=1S/C9H18N6/c1-7(5-15(2)3)13-8-4-9(14-10)12-6-11-8/h4,6-7H,5,10H2,1-3H3,(H2,11,12,13,14). The van der Waals surface area contributed by atoms with Gasteiger partial charge in [-0.15, -0.1) is 0 Å². The van der Waals surface area contributed by atoms with Crippen LogP contribution >= 0.6 is 0 Å². The van der Waals surface area contributed by atoms with Crippen LogP contribution in [-0.2, 0) is 0 Å². The lowest BCUT2D eigenvalue weighted by Gasteiger charge is -2.18. The molecule has 0 bridgehead atoms. The van der Waals surface area contributed by atoms with Gasteiger partial charge >= 0.3 is 0 Å². The molecule has 1 heterocycles. The second kappa shape index (κ2) is 5.47. The molecule has 0 aromatic carbocycles. The zero-order valence-electron chi connectivity index (χ0n) is 9.36. The first-order valence-electron chi connectivity index (χ1n) is 4.81. The number of anilines is 2. The molecule has 1 aromatic rings. The Morgan fingerprint density at radius 3 is 2.67 bits per heavy atom. The van der Waals surface area contributed by atoms with Crippen LogP contribution in [-0.4, -0.2) is 41.5 Å². The van der Waals surface area contributed by atoms with Gasteiger partial charge in [0.1, 0.15) is 18.0 Å². The Morgan fingerprint density at radius 1 is 1.40 bits per heavy atom. The summed E-state index contributed by atoms with van der Waals surface area (Å²) in [7, 11) is 4.07. The van der Waals surface area contributed by atoms with E-state index < -0.39 is 0 Å². The number of nitrogen functional groups attached to an aromatic ring is 1. The number of hydrogen-bond acceptors (Lipinski definition) is 6. The summed E-state index contributed by atoms with van der Waals surface area (Å²) in [5.41, 5.74) is 2.48. The van der Waals surface area contributed by atoms with Crippen molar-refractivity contribution >= 4 is 11.6 Å². The molecule has 6 heteroatoms. The monoisotopic (exact) mass is 210 g/mol. The lowest BCUT2D eigenvalue weighted by Crippen LogP contribution is -2.30. The molecule has 0 aliphatic rings. The van der Waals surface area contributed by atoms with E-state index in [-0.39, 0.29) is 0 Å². The molecule has 1 atom stereocenters. The summed E-state index contributed by atoms with van der Waals surface area (Å²) >= 11 is 0. The van der Waals surface area contributed by atoms with Crippen molar-refractivity contribution in [3.05, 3.63) is 12.4 Å². The molecule has 0 fully saturated rings. The molecule has 1 unspecified atom stereocenters. The maximum Gasteiger partial charge on any atom is 0.145 e. The number of rotatable bonds is 5. The van der Waals surface area contributed by atoms with Crippen molar-refractivity contribution in [2.75, 3.05) is 31.4 Å². The highest BCUT2D eigenvalue weighted by Gasteiger charge is 2.04. The van der Waals surface area contributed by atoms with E-state index in [1.54, 1.807) is 6.07 Å². The van der Waals surface area contributed by atoms with Gasteiger partial charge in [-0.3, -0.25) is 0 Å². The van der Waals surface area contributed by atoms with Gasteiger partial charge in [-0.25, -0.2) is 15.8 Å². The largest absolute Gasteiger partial charge is 0.366 e. The van der Waals surface area contributed by atoms with Gasteiger partial charge in [0.2, 0.25) is 0 Å². The van der Waals surface area contributed by atoms with Gasteiger partial charge in [0.15, 0.2) is 0 Å². The smallest absolute Gasteiger partial charge is 0.145 e. The van der Waals surface area contributed by atoms with Crippen LogP contribution in [0, 0.1) is 0 Å². The number of hydrazine groups is 1. The fourth-order valence-electron chi connectivity index (χ4n) is 1.36. The lowest BCUT2D eigenvalue weighted by atomic mass is 10.3. The van der Waals surface area contributed by atoms with Gasteiger partial charge in [-0.2, -0.15) is 0 Å². The van der Waals surface area contributed by atoms with E-state index in [9.17, 15) is 0 Å². The van der Waals surface area contributed by atoms with E-state index in [0.717, 1.165) is 12.4 Å². The summed E-state index contributed by atoms with van der Waals surface area (Å²) in [5, 5.41) is 3.26. The first-order valence-corrected chi connectivity index (χ1v) is 4.81. The average Bonchev–Trinajstić information content (AvgIpc) is 2.16. The quantitative estimate of drug-likeness (QED) is 0.473. The number of hydrogen-bond donors (Lipinski definition) is 3. The van der Waals surface area contributed by atoms with Crippen molar-refractivity contribution in [2.45, 2.75) is 13.0 Å². The Kier molecular flexibility index (Phi) is 4.26. The molecule has 6 nitrogen and oxygen atoms in total. The SMILES string of the molecule is CC(CN(C)C)Nc1cc(NN)ncn1. The number of nitrogens with one attached hydrogen (secondary N) is 2. The maximum atomic E-state index is 5.25. The van der Waals surface area contributed by atoms with Gasteiger partial charge in [0.05, 0.1) is 0 Å². The topological polar surface area (TPSA) is 79.1 Å². The third-order valence-electron chi connectivity index (χ3n) is 1.85. The Morgan fingerprint density at radius 2 is 2.07 bits per heavy atom. The highest BCUT2D eigenvalue weighted by Crippen LogP contribution is 2.08. The molecule has 15 heavy (non-hydrogen) atoms. The molecule has 0 saturated carbocycles. The third-order valence-corrected chi connectivity index (χ3v) is 1.85. The molecule has 0 aliphatic heterocycles. The fourth-order valence-corrected chi connectivity index (χ4v) is 1.36. The predicted molar refractivity (Wildman–Crippen MR) is 61.5 cm³/mol. The zero-order valence-corrected chi connectivity index (χ0v) is 9.36. The predicted octanol–water partition coefficient (Wildman–Crippen LogP) is 0.124. The summed E-state index contributed by atoms with van der Waals surface area (Å²) in [6, 6.07) is 2.09. The van der Waals surface area contributed by atoms with Crippen molar-refractivity contribution in [1.82, 2.24) is 14.9 Å². The summed E-state index contributed by atoms with van der Waals surface area (Å²) in [6.07, 6.45) is 1.47. The van der Waals surface area contributed by atoms with E-state index in [0.29, 0.717) is 11.9 Å². The minimum atomic E-state index is 0.320. The Bertz CT molecular complexity index is 300. The zero-order chi connectivity index (χ0) is 11.3. The summed E-state index contributed by atoms with van der Waals surface area (Å²) in [4.78, 5) is 10.1. The normalized spacial score (nSPS) is 12.6. The molecule has 1 aromatic heterocycles. The van der Waals surface area contributed by atoms with Crippen LogP contribution in [0.1, 0.15) is 6.92 Å². The summed E-state index contributed by atoms with van der Waals surface area (Å²) in [6.45, 7) is 3.03. The first-order chi connectivity index (χ1) is 7.11. The summed E-state index contributed by atoms with van der Waals surface area (Å²) in [5.74, 6) is 6.63. The second-order valence-corrected chi connectivity index (χ2v) is 3.74. The average molecular weight is 210 g/mol. The number of nitrogens with two attached hydrogens (primary N) is 1. The molecule has 84 valence electrons. The summed E-state index contributed by atoms with van der Waals surface area (Å²) < 4.78 is 0. The number of likely N-dealkylation sites (N-methyl/N-ethyl adjacent to an activating group) is 1. The molecule has 0 radical (unpaired) electrons. The van der Waals surface area contributed by atoms with Crippen LogP contribution in [0.3, 0.4) is 0 Å². The molecule has 0 spiro atoms. The van der Waals surface area contributed by atoms with Crippen molar-refractivity contribution in [3.8, 4) is 0 Å². The van der Waals surface area contributed by atoms with Crippen molar-refractivity contribution in [2.24, 2.45) is 5.84 Å². The minimum Gasteiger partial charge on any atom is -0.366 e. The van der Waals surface area contributed by atoms with Crippen molar-refractivity contribution < 1.29 is 0 Å². The number of nitrogens with zero attached hydrogens (tertiary/aromatic N) is 3. The van der Waals surface area contributed by atoms with Gasteiger partial charge in [-0.1, -0.05) is 0 Å². The van der Waals surface area contributed by atoms with Crippen LogP contribution in [0.15, 0.2) is 12.4 Å². The minimum absolute atomic E-state index is 0.320. The van der Waals surface area contributed by atoms with Crippen LogP contribution in [0.2, 0.25) is 0 Å². The molecule has 1 rings (SSSR count). The van der Waals surface area contributed by atoms with Crippen LogP contribution in [0.25, 0.3) is 0 Å². The fraction of sp³-hybridized carbons (Fsp3) is 0.556. The van der Waals surface area contributed by atoms with Crippen LogP contribution in [0.5, 0.6) is 0 Å². The Balaban J connectivity index is 2.55. The van der Waals surface area contributed by atoms with E-state index >= 15 is 0 Å². The Hall–Kier alpha value is -1.40. The van der Waals surface area contributed by atoms with E-state index in [1.807, 2.05) is 14.1 Å². The second-order valence-electron chi connectivity index (χ2n) is 3.74. The van der Waals surface area contributed by atoms with E-state index in [4.69, 9.17) is 5.84 Å². The molecular formula is C9H18N6. The van der Waals surface area contributed by atoms with Crippen LogP contribution < -0.4 is 16.6 Å². The third kappa shape index (κ3) is 4.09. The van der Waals surface area contributed by atoms with E-state index in [1.165, 1.54) is 6.33 Å². The molecule has 0 amide bonds. The lowest BCUT2D eigenvalue weighted by molar-refractivity contribution is 0.392. The van der Waals surface area contributed by atoms with Gasteiger partial charge in [-0.05, 0) is 21.0 Å². The van der Waals surface area contributed by atoms with Crippen molar-refractivity contribution in [1.29, 1.82) is 0 Å². The number of aromatic nitrogens is 2. The maximum absolute atomic E-state index is 5.25. The van der Waals surface area contributed by atoms with Gasteiger partial charge in [0.25, 0.3) is 0 Å². The molecule has 0 saturated heterocycles. The van der Waals surface area contributed by atoms with E-state index in [2.05, 4.69) is 32.5 Å². The molecule has 0 aliphatic carbocycles. The highest BCUT2D eigenvalue weighted by molar-refractivity contribution is 5.46.